The van der Waals surface area contributed by atoms with E-state index in [0.717, 1.165) is 0 Å². The van der Waals surface area contributed by atoms with E-state index in [1.54, 1.807) is 17.0 Å². The number of urea groups is 1. The first kappa shape index (κ1) is 17.2. The summed E-state index contributed by atoms with van der Waals surface area (Å²) in [6, 6.07) is 5.65. The van der Waals surface area contributed by atoms with Crippen LogP contribution in [-0.4, -0.2) is 41.5 Å². The summed E-state index contributed by atoms with van der Waals surface area (Å²) in [5, 5.41) is 2.92. The van der Waals surface area contributed by atoms with Crippen molar-refractivity contribution in [3.05, 3.63) is 30.1 Å². The topological polar surface area (TPSA) is 52.7 Å². The monoisotopic (exact) mass is 321 g/mol. The average molecular weight is 321 g/mol. The number of nitrogens with one attached hydrogen (secondary N) is 1. The van der Waals surface area contributed by atoms with Gasteiger partial charge in [-0.25, -0.2) is 9.18 Å². The first-order valence-electron chi connectivity index (χ1n) is 7.94. The Bertz CT molecular complexity index is 581. The number of rotatable bonds is 4. The van der Waals surface area contributed by atoms with Gasteiger partial charge in [-0.15, -0.1) is 0 Å². The van der Waals surface area contributed by atoms with Crippen molar-refractivity contribution >= 4 is 17.6 Å². The minimum Gasteiger partial charge on any atom is -0.333 e. The first-order chi connectivity index (χ1) is 10.8. The smallest absolute Gasteiger partial charge is 0.318 e. The second-order valence-corrected chi connectivity index (χ2v) is 6.43. The highest BCUT2D eigenvalue weighted by atomic mass is 19.1. The molecule has 0 aromatic heterocycles. The molecular weight excluding hydrogens is 297 g/mol. The van der Waals surface area contributed by atoms with Crippen molar-refractivity contribution in [1.82, 2.24) is 10.2 Å². The zero-order valence-corrected chi connectivity index (χ0v) is 14.0. The largest absolute Gasteiger partial charge is 0.333 e. The maximum atomic E-state index is 13.3. The van der Waals surface area contributed by atoms with Gasteiger partial charge in [-0.1, -0.05) is 6.07 Å². The molecule has 23 heavy (non-hydrogen) atoms. The van der Waals surface area contributed by atoms with Crippen molar-refractivity contribution < 1.29 is 14.0 Å². The lowest BCUT2D eigenvalue weighted by atomic mass is 10.2. The SMILES string of the molecule is CC(C)N(C(=O)NC1CC(=O)N(c2cccc(F)c2)C1)C(C)C. The third kappa shape index (κ3) is 4.00. The lowest BCUT2D eigenvalue weighted by Crippen LogP contribution is -2.51. The molecule has 1 unspecified atom stereocenters. The van der Waals surface area contributed by atoms with Crippen molar-refractivity contribution in [2.75, 3.05) is 11.4 Å². The number of nitrogens with zero attached hydrogens (tertiary/aromatic N) is 2. The highest BCUT2D eigenvalue weighted by Gasteiger charge is 2.33. The Morgan fingerprint density at radius 3 is 2.52 bits per heavy atom. The molecular formula is C17H24FN3O2. The summed E-state index contributed by atoms with van der Waals surface area (Å²) in [5.74, 6) is -0.491. The molecule has 1 aromatic rings. The maximum Gasteiger partial charge on any atom is 0.318 e. The number of benzene rings is 1. The molecule has 3 amide bonds. The minimum atomic E-state index is -0.381. The normalized spacial score (nSPS) is 18.0. The van der Waals surface area contributed by atoms with E-state index in [4.69, 9.17) is 0 Å². The van der Waals surface area contributed by atoms with Crippen molar-refractivity contribution in [2.45, 2.75) is 52.2 Å². The predicted molar refractivity (Wildman–Crippen MR) is 87.8 cm³/mol. The number of amides is 3. The summed E-state index contributed by atoms with van der Waals surface area (Å²) in [7, 11) is 0. The number of anilines is 1. The van der Waals surface area contributed by atoms with Crippen LogP contribution in [0.15, 0.2) is 24.3 Å². The second-order valence-electron chi connectivity index (χ2n) is 6.43. The van der Waals surface area contributed by atoms with E-state index in [0.29, 0.717) is 12.2 Å². The highest BCUT2D eigenvalue weighted by Crippen LogP contribution is 2.22. The Balaban J connectivity index is 2.04. The van der Waals surface area contributed by atoms with Gasteiger partial charge >= 0.3 is 6.03 Å². The van der Waals surface area contributed by atoms with Crippen molar-refractivity contribution in [3.8, 4) is 0 Å². The summed E-state index contributed by atoms with van der Waals surface area (Å²) >= 11 is 0. The van der Waals surface area contributed by atoms with Gasteiger partial charge in [0.25, 0.3) is 0 Å². The second kappa shape index (κ2) is 6.98. The molecule has 1 atom stereocenters. The van der Waals surface area contributed by atoms with Crippen molar-refractivity contribution in [3.63, 3.8) is 0 Å². The van der Waals surface area contributed by atoms with Crippen molar-refractivity contribution in [2.24, 2.45) is 0 Å². The molecule has 0 aliphatic carbocycles. The van der Waals surface area contributed by atoms with Crippen LogP contribution in [0, 0.1) is 5.82 Å². The molecule has 1 fully saturated rings. The van der Waals surface area contributed by atoms with Crippen LogP contribution in [0.4, 0.5) is 14.9 Å². The molecule has 1 aliphatic heterocycles. The lowest BCUT2D eigenvalue weighted by Gasteiger charge is -2.32. The average Bonchev–Trinajstić information content (AvgIpc) is 2.78. The Labute approximate surface area is 136 Å². The number of halogens is 1. The van der Waals surface area contributed by atoms with E-state index in [1.165, 1.54) is 17.0 Å². The molecule has 6 heteroatoms. The molecule has 0 radical (unpaired) electrons. The van der Waals surface area contributed by atoms with E-state index in [-0.39, 0.29) is 42.3 Å². The summed E-state index contributed by atoms with van der Waals surface area (Å²) < 4.78 is 13.3. The number of carbonyl (C=O) groups is 2. The molecule has 2 rings (SSSR count). The molecule has 1 aliphatic rings. The fraction of sp³-hybridized carbons (Fsp3) is 0.529. The zero-order valence-electron chi connectivity index (χ0n) is 14.0. The van der Waals surface area contributed by atoms with Gasteiger partial charge < -0.3 is 15.1 Å². The van der Waals surface area contributed by atoms with Crippen LogP contribution in [0.25, 0.3) is 0 Å². The quantitative estimate of drug-likeness (QED) is 0.927. The van der Waals surface area contributed by atoms with E-state index in [1.807, 2.05) is 27.7 Å². The molecule has 1 aromatic carbocycles. The minimum absolute atomic E-state index is 0.0754. The molecule has 0 saturated carbocycles. The standard InChI is InChI=1S/C17H24FN3O2/c1-11(2)21(12(3)4)17(23)19-14-9-16(22)20(10-14)15-7-5-6-13(18)8-15/h5-8,11-12,14H,9-10H2,1-4H3,(H,19,23). The Morgan fingerprint density at radius 2 is 1.96 bits per heavy atom. The van der Waals surface area contributed by atoms with E-state index >= 15 is 0 Å². The maximum absolute atomic E-state index is 13.3. The van der Waals surface area contributed by atoms with Crippen LogP contribution in [-0.2, 0) is 4.79 Å². The predicted octanol–water partition coefficient (Wildman–Crippen LogP) is 2.76. The summed E-state index contributed by atoms with van der Waals surface area (Å²) in [4.78, 5) is 27.8. The first-order valence-corrected chi connectivity index (χ1v) is 7.94. The van der Waals surface area contributed by atoms with Gasteiger partial charge in [0.1, 0.15) is 5.82 Å². The van der Waals surface area contributed by atoms with Crippen LogP contribution in [0.3, 0.4) is 0 Å². The third-order valence-electron chi connectivity index (χ3n) is 3.92. The Morgan fingerprint density at radius 1 is 1.30 bits per heavy atom. The molecule has 1 N–H and O–H groups in total. The molecule has 126 valence electrons. The number of hydrogen-bond donors (Lipinski definition) is 1. The lowest BCUT2D eigenvalue weighted by molar-refractivity contribution is -0.117. The molecule has 1 saturated heterocycles. The van der Waals surface area contributed by atoms with Crippen LogP contribution < -0.4 is 10.2 Å². The van der Waals surface area contributed by atoms with Gasteiger partial charge in [0, 0.05) is 30.7 Å². The van der Waals surface area contributed by atoms with Crippen LogP contribution in [0.5, 0.6) is 0 Å². The summed E-state index contributed by atoms with van der Waals surface area (Å²) in [5.41, 5.74) is 0.524. The number of hydrogen-bond acceptors (Lipinski definition) is 2. The zero-order chi connectivity index (χ0) is 17.1. The Hall–Kier alpha value is -2.11. The molecule has 0 spiro atoms. The van der Waals surface area contributed by atoms with Gasteiger partial charge in [-0.05, 0) is 45.9 Å². The number of carbonyl (C=O) groups excluding carboxylic acids is 2. The van der Waals surface area contributed by atoms with Crippen LogP contribution >= 0.6 is 0 Å². The van der Waals surface area contributed by atoms with E-state index < -0.39 is 0 Å². The summed E-state index contributed by atoms with van der Waals surface area (Å²) in [6.45, 7) is 8.19. The third-order valence-corrected chi connectivity index (χ3v) is 3.92. The van der Waals surface area contributed by atoms with E-state index in [9.17, 15) is 14.0 Å². The highest BCUT2D eigenvalue weighted by molar-refractivity contribution is 5.96. The molecule has 5 nitrogen and oxygen atoms in total. The van der Waals surface area contributed by atoms with E-state index in [2.05, 4.69) is 5.32 Å². The fourth-order valence-corrected chi connectivity index (χ4v) is 3.01. The summed E-state index contributed by atoms with van der Waals surface area (Å²) in [6.07, 6.45) is 0.228. The molecule has 0 bridgehead atoms. The molecule has 1 heterocycles. The fourth-order valence-electron chi connectivity index (χ4n) is 3.01. The van der Waals surface area contributed by atoms with Gasteiger partial charge in [0.15, 0.2) is 0 Å². The Kier molecular flexibility index (Phi) is 5.23. The van der Waals surface area contributed by atoms with Gasteiger partial charge in [-0.3, -0.25) is 4.79 Å². The van der Waals surface area contributed by atoms with Crippen LogP contribution in [0.2, 0.25) is 0 Å². The van der Waals surface area contributed by atoms with Crippen LogP contribution in [0.1, 0.15) is 34.1 Å². The van der Waals surface area contributed by atoms with Gasteiger partial charge in [0.05, 0.1) is 6.04 Å². The van der Waals surface area contributed by atoms with Gasteiger partial charge in [-0.2, -0.15) is 0 Å². The van der Waals surface area contributed by atoms with Gasteiger partial charge in [0.2, 0.25) is 5.91 Å². The van der Waals surface area contributed by atoms with Crippen molar-refractivity contribution in [1.29, 1.82) is 0 Å².